The standard InChI is InChI=1S/C75H144N4O17P2.2Na.2H/c1-7-12-17-22-25-28-31-36-41-46-70(81)58-67(45-40-35-21-16-11-5)50-54-92-62-69(79-74(85)60-72(83)48-43-38-33-30-27-24-19-14-9-3)64-96-98(89,90)94-56-52-77-75(86)76-51-55-93-97(87,88)95-63-68(61-91-53-49-66(57-65(6)80)44-39-34-20-15-10-4)78-73(84)59-71(82)47-42-37-32-29-26-23-18-13-8-2;;;;/h66-69H,7-64H2,1-6H3,(H,78,84)(H,79,85)(H,87,88)(H,89,90)(H2,76,77,86);;;;/q;2*+1;2*-1/t66-,67-,68?,69?;;;;/m1..../s1. The fourth-order valence-electron chi connectivity index (χ4n) is 12.0. The molecule has 100 heavy (non-hydrogen) atoms. The molecule has 0 rings (SSSR count). The zero-order chi connectivity index (χ0) is 72.4. The van der Waals surface area contributed by atoms with Crippen LogP contribution in [0.15, 0.2) is 0 Å². The molecule has 0 aromatic heterocycles. The maximum absolute atomic E-state index is 13.2. The Hall–Kier alpha value is -0.970. The molecule has 0 aliphatic heterocycles. The van der Waals surface area contributed by atoms with Crippen LogP contribution >= 0.6 is 15.6 Å². The van der Waals surface area contributed by atoms with E-state index in [0.717, 1.165) is 122 Å². The van der Waals surface area contributed by atoms with E-state index in [1.54, 1.807) is 6.92 Å². The van der Waals surface area contributed by atoms with Crippen molar-refractivity contribution in [2.24, 2.45) is 11.8 Å². The number of phosphoric acid groups is 2. The molecule has 6 atom stereocenters. The van der Waals surface area contributed by atoms with Crippen molar-refractivity contribution in [1.29, 1.82) is 0 Å². The molecule has 0 aliphatic carbocycles. The number of Topliss-reactive ketones (excluding diaryl/α,β-unsaturated/α-hetero) is 4. The molecular formula is C75H146N4Na2O17P2. The van der Waals surface area contributed by atoms with Gasteiger partial charge in [-0.1, -0.05) is 253 Å². The Balaban J connectivity index is -0.00000784. The summed E-state index contributed by atoms with van der Waals surface area (Å²) in [4.78, 5) is 111. The van der Waals surface area contributed by atoms with Gasteiger partial charge in [-0.25, -0.2) is 13.9 Å². The number of carbonyl (C=O) groups is 7. The Morgan fingerprint density at radius 3 is 0.970 bits per heavy atom. The van der Waals surface area contributed by atoms with Crippen molar-refractivity contribution < 1.29 is 142 Å². The first-order valence-electron chi connectivity index (χ1n) is 39.3. The average molecular weight is 1480 g/mol. The van der Waals surface area contributed by atoms with Gasteiger partial charge in [0.2, 0.25) is 11.8 Å². The van der Waals surface area contributed by atoms with Crippen LogP contribution in [-0.2, 0) is 65.5 Å². The summed E-state index contributed by atoms with van der Waals surface area (Å²) in [5, 5.41) is 10.4. The maximum Gasteiger partial charge on any atom is 1.00 e. The van der Waals surface area contributed by atoms with Gasteiger partial charge in [0.1, 0.15) is 23.1 Å². The summed E-state index contributed by atoms with van der Waals surface area (Å²) >= 11 is 0. The Morgan fingerprint density at radius 2 is 0.650 bits per heavy atom. The summed E-state index contributed by atoms with van der Waals surface area (Å²) in [7, 11) is -9.52. The number of ether oxygens (including phenoxy) is 2. The molecule has 21 nitrogen and oxygen atoms in total. The number of carbonyl (C=O) groups excluding carboxylic acids is 7. The van der Waals surface area contributed by atoms with Crippen LogP contribution in [0.2, 0.25) is 0 Å². The van der Waals surface area contributed by atoms with E-state index in [0.29, 0.717) is 44.9 Å². The van der Waals surface area contributed by atoms with Gasteiger partial charge in [-0.15, -0.1) is 0 Å². The second-order valence-electron chi connectivity index (χ2n) is 27.6. The zero-order valence-electron chi connectivity index (χ0n) is 66.7. The minimum atomic E-state index is -4.77. The molecule has 6 N–H and O–H groups in total. The monoisotopic (exact) mass is 1480 g/mol. The van der Waals surface area contributed by atoms with Gasteiger partial charge in [0, 0.05) is 58.4 Å². The van der Waals surface area contributed by atoms with Gasteiger partial charge in [0.25, 0.3) is 0 Å². The fraction of sp³-hybridized carbons (Fsp3) is 0.907. The molecule has 580 valence electrons. The van der Waals surface area contributed by atoms with Crippen LogP contribution < -0.4 is 80.4 Å². The molecule has 25 heteroatoms. The third-order valence-electron chi connectivity index (χ3n) is 17.8. The van der Waals surface area contributed by atoms with E-state index in [1.165, 1.54) is 116 Å². The number of amides is 4. The molecule has 0 fully saturated rings. The SMILES string of the molecule is CCCCCCCCCCCC(=O)CC(=O)NC(COCC[C@@H](CCCCCCC)CC(C)=O)COP(=O)(O)OCCNC(=O)NCCOP(=O)(O)OCC(COCC[C@@H](CCCCCCC)CC(=O)CCCCCCCCCCC)NC(=O)CC(=O)CCCCCCCCCCC.[H-].[H-].[Na+].[Na+]. The number of hydrogen-bond donors (Lipinski definition) is 6. The van der Waals surface area contributed by atoms with Crippen LogP contribution in [0.3, 0.4) is 0 Å². The number of hydrogen-bond acceptors (Lipinski definition) is 15. The van der Waals surface area contributed by atoms with E-state index in [-0.39, 0.29) is 162 Å². The van der Waals surface area contributed by atoms with Crippen LogP contribution in [0, 0.1) is 11.8 Å². The summed E-state index contributed by atoms with van der Waals surface area (Å²) in [6.07, 6.45) is 45.8. The molecule has 0 aromatic carbocycles. The Kier molecular flexibility index (Phi) is 75.9. The van der Waals surface area contributed by atoms with Crippen LogP contribution in [-0.4, -0.2) is 129 Å². The fourth-order valence-corrected chi connectivity index (χ4v) is 13.5. The zero-order valence-corrected chi connectivity index (χ0v) is 70.5. The number of phosphoric ester groups is 2. The van der Waals surface area contributed by atoms with Gasteiger partial charge in [0.15, 0.2) is 0 Å². The molecule has 0 saturated heterocycles. The Morgan fingerprint density at radius 1 is 0.360 bits per heavy atom. The molecule has 0 saturated carbocycles. The third kappa shape index (κ3) is 71.3. The normalized spacial score (nSPS) is 13.8. The predicted octanol–water partition coefficient (Wildman–Crippen LogP) is 12.1. The summed E-state index contributed by atoms with van der Waals surface area (Å²) in [6, 6.07) is -2.62. The smallest absolute Gasteiger partial charge is 1.00 e. The first-order chi connectivity index (χ1) is 47.3. The van der Waals surface area contributed by atoms with Crippen molar-refractivity contribution in [3.8, 4) is 0 Å². The van der Waals surface area contributed by atoms with Gasteiger partial charge in [-0.05, 0) is 63.7 Å². The maximum atomic E-state index is 13.2. The van der Waals surface area contributed by atoms with E-state index < -0.39 is 72.0 Å². The van der Waals surface area contributed by atoms with Crippen molar-refractivity contribution in [3.63, 3.8) is 0 Å². The third-order valence-corrected chi connectivity index (χ3v) is 19.8. The number of urea groups is 1. The topological polar surface area (TPSA) is 298 Å². The summed E-state index contributed by atoms with van der Waals surface area (Å²) in [5.74, 6) is -0.930. The van der Waals surface area contributed by atoms with Crippen molar-refractivity contribution in [2.75, 3.05) is 65.9 Å². The summed E-state index contributed by atoms with van der Waals surface area (Å²) < 4.78 is 59.0. The largest absolute Gasteiger partial charge is 1.00 e. The molecule has 4 unspecified atom stereocenters. The number of unbranched alkanes of at least 4 members (excludes halogenated alkanes) is 32. The second-order valence-corrected chi connectivity index (χ2v) is 30.5. The van der Waals surface area contributed by atoms with E-state index in [1.807, 2.05) is 0 Å². The Labute approximate surface area is 654 Å². The average Bonchev–Trinajstić information content (AvgIpc) is 0.922. The number of nitrogens with one attached hydrogen (secondary N) is 4. The molecule has 0 radical (unpaired) electrons. The minimum absolute atomic E-state index is 0. The molecule has 0 bridgehead atoms. The van der Waals surface area contributed by atoms with Crippen LogP contribution in [0.5, 0.6) is 0 Å². The van der Waals surface area contributed by atoms with Crippen LogP contribution in [0.1, 0.15) is 353 Å². The van der Waals surface area contributed by atoms with Crippen LogP contribution in [0.4, 0.5) is 4.79 Å². The molecule has 4 amide bonds. The van der Waals surface area contributed by atoms with E-state index in [2.05, 4.69) is 55.9 Å². The summed E-state index contributed by atoms with van der Waals surface area (Å²) in [5.41, 5.74) is 0. The van der Waals surface area contributed by atoms with Crippen molar-refractivity contribution in [2.45, 2.75) is 362 Å². The summed E-state index contributed by atoms with van der Waals surface area (Å²) in [6.45, 7) is 10.4. The quantitative estimate of drug-likeness (QED) is 0.0143. The second kappa shape index (κ2) is 73.5. The minimum Gasteiger partial charge on any atom is -1.00 e. The van der Waals surface area contributed by atoms with Crippen molar-refractivity contribution >= 4 is 56.6 Å². The number of ketones is 4. The van der Waals surface area contributed by atoms with Gasteiger partial charge < -0.3 is 48.2 Å². The van der Waals surface area contributed by atoms with E-state index in [4.69, 9.17) is 27.6 Å². The molecule has 0 aromatic rings. The van der Waals surface area contributed by atoms with Crippen molar-refractivity contribution in [1.82, 2.24) is 21.3 Å². The van der Waals surface area contributed by atoms with Gasteiger partial charge in [0.05, 0.1) is 64.6 Å². The first kappa shape index (κ1) is 103. The van der Waals surface area contributed by atoms with Gasteiger partial charge in [-0.3, -0.25) is 42.1 Å². The molecule has 0 heterocycles. The van der Waals surface area contributed by atoms with E-state index in [9.17, 15) is 52.5 Å². The van der Waals surface area contributed by atoms with Gasteiger partial charge in [-0.2, -0.15) is 0 Å². The molecular weight excluding hydrogens is 1340 g/mol. The van der Waals surface area contributed by atoms with Gasteiger partial charge >= 0.3 is 80.8 Å². The molecule has 0 spiro atoms. The number of rotatable bonds is 76. The van der Waals surface area contributed by atoms with E-state index >= 15 is 0 Å². The molecule has 0 aliphatic rings. The predicted molar refractivity (Wildman–Crippen MR) is 395 cm³/mol. The first-order valence-corrected chi connectivity index (χ1v) is 42.3. The Bertz CT molecular complexity index is 2120. The van der Waals surface area contributed by atoms with Crippen LogP contribution in [0.25, 0.3) is 0 Å². The van der Waals surface area contributed by atoms with Crippen molar-refractivity contribution in [3.05, 3.63) is 0 Å².